The molecule has 1 heterocycles. The Balaban J connectivity index is 1.87. The molecule has 6 heteroatoms. The summed E-state index contributed by atoms with van der Waals surface area (Å²) in [6.07, 6.45) is 1.74. The van der Waals surface area contributed by atoms with Crippen molar-refractivity contribution in [1.82, 2.24) is 4.98 Å². The van der Waals surface area contributed by atoms with Crippen LogP contribution in [0.3, 0.4) is 0 Å². The molecular formula is C17H13N3O2S. The molecular weight excluding hydrogens is 310 g/mol. The van der Waals surface area contributed by atoms with E-state index in [1.807, 2.05) is 42.5 Å². The molecule has 3 rings (SSSR count). The highest BCUT2D eigenvalue weighted by Crippen LogP contribution is 2.33. The van der Waals surface area contributed by atoms with Crippen molar-refractivity contribution in [3.05, 3.63) is 83.0 Å². The fourth-order valence-electron chi connectivity index (χ4n) is 2.12. The van der Waals surface area contributed by atoms with Gasteiger partial charge in [0.15, 0.2) is 0 Å². The molecule has 0 saturated heterocycles. The van der Waals surface area contributed by atoms with E-state index < -0.39 is 0 Å². The molecule has 0 aliphatic carbocycles. The lowest BCUT2D eigenvalue weighted by molar-refractivity contribution is -0.387. The third-order valence-electron chi connectivity index (χ3n) is 3.20. The number of hydrogen-bond donors (Lipinski definition) is 1. The van der Waals surface area contributed by atoms with Crippen molar-refractivity contribution in [2.75, 3.05) is 4.72 Å². The van der Waals surface area contributed by atoms with Gasteiger partial charge in [0.25, 0.3) is 5.69 Å². The molecule has 0 saturated carbocycles. The summed E-state index contributed by atoms with van der Waals surface area (Å²) in [5.74, 6) is 0. The first-order chi connectivity index (χ1) is 11.3. The largest absolute Gasteiger partial charge is 0.325 e. The summed E-state index contributed by atoms with van der Waals surface area (Å²) in [5.41, 5.74) is 2.73. The quantitative estimate of drug-likeness (QED) is 0.416. The van der Waals surface area contributed by atoms with E-state index in [0.29, 0.717) is 4.90 Å². The lowest BCUT2D eigenvalue weighted by Gasteiger charge is -2.11. The van der Waals surface area contributed by atoms with Crippen molar-refractivity contribution in [3.8, 4) is 11.3 Å². The molecule has 2 aromatic carbocycles. The number of nitro groups is 1. The van der Waals surface area contributed by atoms with E-state index in [2.05, 4.69) is 9.71 Å². The third-order valence-corrected chi connectivity index (χ3v) is 4.09. The number of para-hydroxylation sites is 2. The fraction of sp³-hybridized carbons (Fsp3) is 0. The molecule has 0 spiro atoms. The minimum Gasteiger partial charge on any atom is -0.325 e. The molecule has 0 radical (unpaired) electrons. The van der Waals surface area contributed by atoms with Gasteiger partial charge < -0.3 is 4.72 Å². The standard InChI is InChI=1S/C17H13N3O2S/c21-20(22)16-10-3-4-11-17(16)23-19-15-9-2-1-7-13(15)14-8-5-6-12-18-14/h1-12,19H. The number of hydrogen-bond acceptors (Lipinski definition) is 5. The second kappa shape index (κ2) is 6.93. The van der Waals surface area contributed by atoms with Gasteiger partial charge in [0, 0.05) is 17.8 Å². The number of anilines is 1. The van der Waals surface area contributed by atoms with Gasteiger partial charge >= 0.3 is 0 Å². The van der Waals surface area contributed by atoms with Gasteiger partial charge in [-0.2, -0.15) is 0 Å². The number of nitrogens with zero attached hydrogens (tertiary/aromatic N) is 2. The summed E-state index contributed by atoms with van der Waals surface area (Å²) in [7, 11) is 0. The monoisotopic (exact) mass is 323 g/mol. The topological polar surface area (TPSA) is 68.1 Å². The molecule has 0 unspecified atom stereocenters. The van der Waals surface area contributed by atoms with E-state index in [1.165, 1.54) is 18.0 Å². The minimum atomic E-state index is -0.380. The maximum atomic E-state index is 11.1. The van der Waals surface area contributed by atoms with E-state index in [9.17, 15) is 10.1 Å². The van der Waals surface area contributed by atoms with Crippen LogP contribution in [-0.2, 0) is 0 Å². The fourth-order valence-corrected chi connectivity index (χ4v) is 2.91. The van der Waals surface area contributed by atoms with Crippen LogP contribution in [-0.4, -0.2) is 9.91 Å². The molecule has 3 aromatic rings. The molecule has 0 amide bonds. The maximum Gasteiger partial charge on any atom is 0.284 e. The molecule has 1 aromatic heterocycles. The Bertz CT molecular complexity index is 825. The predicted octanol–water partition coefficient (Wildman–Crippen LogP) is 4.78. The van der Waals surface area contributed by atoms with Crippen LogP contribution in [0.4, 0.5) is 11.4 Å². The van der Waals surface area contributed by atoms with Crippen LogP contribution < -0.4 is 4.72 Å². The Hall–Kier alpha value is -2.86. The first-order valence-electron chi connectivity index (χ1n) is 6.92. The highest BCUT2D eigenvalue weighted by Gasteiger charge is 2.14. The van der Waals surface area contributed by atoms with Crippen molar-refractivity contribution in [2.45, 2.75) is 4.90 Å². The molecule has 23 heavy (non-hydrogen) atoms. The molecule has 0 atom stereocenters. The molecule has 0 aliphatic heterocycles. The number of aromatic nitrogens is 1. The number of nitro benzene ring substituents is 1. The van der Waals surface area contributed by atoms with Crippen molar-refractivity contribution in [3.63, 3.8) is 0 Å². The van der Waals surface area contributed by atoms with E-state index in [-0.39, 0.29) is 10.6 Å². The Morgan fingerprint density at radius 3 is 2.48 bits per heavy atom. The summed E-state index contributed by atoms with van der Waals surface area (Å²) >= 11 is 1.22. The normalized spacial score (nSPS) is 10.3. The maximum absolute atomic E-state index is 11.1. The van der Waals surface area contributed by atoms with Gasteiger partial charge in [0.05, 0.1) is 16.3 Å². The van der Waals surface area contributed by atoms with Gasteiger partial charge in [0.2, 0.25) is 0 Å². The van der Waals surface area contributed by atoms with Crippen molar-refractivity contribution >= 4 is 23.3 Å². The zero-order valence-corrected chi connectivity index (χ0v) is 12.9. The van der Waals surface area contributed by atoms with Crippen molar-refractivity contribution < 1.29 is 4.92 Å². The van der Waals surface area contributed by atoms with Gasteiger partial charge in [0.1, 0.15) is 4.90 Å². The molecule has 5 nitrogen and oxygen atoms in total. The zero-order chi connectivity index (χ0) is 16.1. The summed E-state index contributed by atoms with van der Waals surface area (Å²) in [5, 5.41) is 11.1. The Morgan fingerprint density at radius 1 is 0.957 bits per heavy atom. The third kappa shape index (κ3) is 3.49. The van der Waals surface area contributed by atoms with Crippen LogP contribution in [0.1, 0.15) is 0 Å². The van der Waals surface area contributed by atoms with Gasteiger partial charge in [-0.05, 0) is 36.2 Å². The summed E-state index contributed by atoms with van der Waals surface area (Å²) < 4.78 is 3.20. The smallest absolute Gasteiger partial charge is 0.284 e. The van der Waals surface area contributed by atoms with Gasteiger partial charge in [-0.25, -0.2) is 0 Å². The highest BCUT2D eigenvalue weighted by molar-refractivity contribution is 8.00. The van der Waals surface area contributed by atoms with Crippen molar-refractivity contribution in [1.29, 1.82) is 0 Å². The number of rotatable bonds is 5. The highest BCUT2D eigenvalue weighted by atomic mass is 32.2. The Labute approximate surface area is 137 Å². The van der Waals surface area contributed by atoms with Gasteiger partial charge in [-0.3, -0.25) is 15.1 Å². The first-order valence-corrected chi connectivity index (χ1v) is 7.74. The first kappa shape index (κ1) is 15.1. The van der Waals surface area contributed by atoms with Crippen LogP contribution in [0.5, 0.6) is 0 Å². The van der Waals surface area contributed by atoms with E-state index >= 15 is 0 Å². The minimum absolute atomic E-state index is 0.0836. The van der Waals surface area contributed by atoms with E-state index in [0.717, 1.165) is 16.9 Å². The summed E-state index contributed by atoms with van der Waals surface area (Å²) in [6, 6.07) is 20.1. The second-order valence-corrected chi connectivity index (χ2v) is 5.54. The Morgan fingerprint density at radius 2 is 1.70 bits per heavy atom. The number of pyridine rings is 1. The second-order valence-electron chi connectivity index (χ2n) is 4.69. The van der Waals surface area contributed by atoms with Crippen LogP contribution in [0.25, 0.3) is 11.3 Å². The van der Waals surface area contributed by atoms with Crippen molar-refractivity contribution in [2.24, 2.45) is 0 Å². The van der Waals surface area contributed by atoms with Gasteiger partial charge in [-0.15, -0.1) is 0 Å². The molecule has 1 N–H and O–H groups in total. The van der Waals surface area contributed by atoms with E-state index in [1.54, 1.807) is 24.4 Å². The van der Waals surface area contributed by atoms with Gasteiger partial charge in [-0.1, -0.05) is 36.4 Å². The van der Waals surface area contributed by atoms with Crippen LogP contribution in [0.2, 0.25) is 0 Å². The average molecular weight is 323 g/mol. The average Bonchev–Trinajstić information content (AvgIpc) is 2.61. The Kier molecular flexibility index (Phi) is 4.54. The lowest BCUT2D eigenvalue weighted by atomic mass is 10.1. The zero-order valence-electron chi connectivity index (χ0n) is 12.0. The SMILES string of the molecule is O=[N+]([O-])c1ccccc1SNc1ccccc1-c1ccccn1. The van der Waals surface area contributed by atoms with Crippen LogP contribution >= 0.6 is 11.9 Å². The summed E-state index contributed by atoms with van der Waals surface area (Å²) in [4.78, 5) is 15.6. The number of nitrogens with one attached hydrogen (secondary N) is 1. The van der Waals surface area contributed by atoms with Crippen LogP contribution in [0.15, 0.2) is 77.8 Å². The predicted molar refractivity (Wildman–Crippen MR) is 92.2 cm³/mol. The molecule has 114 valence electrons. The number of benzene rings is 2. The molecule has 0 aliphatic rings. The molecule has 0 fully saturated rings. The van der Waals surface area contributed by atoms with Crippen LogP contribution in [0, 0.1) is 10.1 Å². The van der Waals surface area contributed by atoms with E-state index in [4.69, 9.17) is 0 Å². The lowest BCUT2D eigenvalue weighted by Crippen LogP contribution is -1.95. The summed E-state index contributed by atoms with van der Waals surface area (Å²) in [6.45, 7) is 0. The molecule has 0 bridgehead atoms.